The second kappa shape index (κ2) is 7.55. The van der Waals surface area contributed by atoms with Crippen LogP contribution in [-0.4, -0.2) is 43.9 Å². The average Bonchev–Trinajstić information content (AvgIpc) is 3.19. The van der Waals surface area contributed by atoms with E-state index in [0.29, 0.717) is 11.6 Å². The molecule has 6 nitrogen and oxygen atoms in total. The lowest BCUT2D eigenvalue weighted by atomic mass is 9.96. The number of rotatable bonds is 6. The summed E-state index contributed by atoms with van der Waals surface area (Å²) in [5.41, 5.74) is 1.87. The molecule has 0 saturated carbocycles. The molecule has 7 heteroatoms. The highest BCUT2D eigenvalue weighted by Crippen LogP contribution is 2.23. The highest BCUT2D eigenvalue weighted by Gasteiger charge is 2.21. The molecule has 1 atom stereocenters. The number of hydrogen-bond acceptors (Lipinski definition) is 6. The number of aliphatic hydroxyl groups excluding tert-OH is 1. The topological polar surface area (TPSA) is 71.2 Å². The summed E-state index contributed by atoms with van der Waals surface area (Å²) < 4.78 is 1.85. The Kier molecular flexibility index (Phi) is 5.43. The van der Waals surface area contributed by atoms with Crippen molar-refractivity contribution in [1.29, 1.82) is 0 Å². The number of aliphatic hydroxyl groups is 1. The van der Waals surface area contributed by atoms with Gasteiger partial charge in [-0.15, -0.1) is 16.4 Å². The van der Waals surface area contributed by atoms with Crippen molar-refractivity contribution in [2.24, 2.45) is 5.92 Å². The van der Waals surface area contributed by atoms with Gasteiger partial charge in [-0.05, 0) is 62.7 Å². The Morgan fingerprint density at radius 3 is 2.79 bits per heavy atom. The lowest BCUT2D eigenvalue weighted by Gasteiger charge is -2.31. The summed E-state index contributed by atoms with van der Waals surface area (Å²) in [5, 5.41) is 19.7. The summed E-state index contributed by atoms with van der Waals surface area (Å²) in [4.78, 5) is 14.7. The first-order valence-corrected chi connectivity index (χ1v) is 9.28. The standard InChI is InChI=1S/C17H24N4O2S/c1-12(22)16-10-21(19-18-16)9-14-3-5-20(6-4-14)8-15-7-17(13(2)23)24-11-15/h7,10-12,14,22H,3-6,8-9H2,1-2H3/t12-/m1/s1. The average molecular weight is 348 g/mol. The van der Waals surface area contributed by atoms with Crippen molar-refractivity contribution in [1.82, 2.24) is 19.9 Å². The van der Waals surface area contributed by atoms with Crippen LogP contribution in [0.5, 0.6) is 0 Å². The summed E-state index contributed by atoms with van der Waals surface area (Å²) in [7, 11) is 0. The Bertz CT molecular complexity index is 686. The number of hydrogen-bond donors (Lipinski definition) is 1. The van der Waals surface area contributed by atoms with Crippen LogP contribution in [0.15, 0.2) is 17.6 Å². The third-order valence-electron chi connectivity index (χ3n) is 4.54. The number of piperidine rings is 1. The van der Waals surface area contributed by atoms with Gasteiger partial charge >= 0.3 is 0 Å². The monoisotopic (exact) mass is 348 g/mol. The maximum Gasteiger partial charge on any atom is 0.169 e. The van der Waals surface area contributed by atoms with Gasteiger partial charge in [0.05, 0.1) is 17.2 Å². The molecule has 0 unspecified atom stereocenters. The molecule has 1 aliphatic rings. The molecular weight excluding hydrogens is 324 g/mol. The molecule has 0 amide bonds. The molecule has 1 aliphatic heterocycles. The molecule has 0 bridgehead atoms. The second-order valence-electron chi connectivity index (χ2n) is 6.64. The predicted octanol–water partition coefficient (Wildman–Crippen LogP) is 2.51. The van der Waals surface area contributed by atoms with Crippen molar-refractivity contribution in [2.75, 3.05) is 13.1 Å². The Hall–Kier alpha value is -1.57. The number of carbonyl (C=O) groups excluding carboxylic acids is 1. The van der Waals surface area contributed by atoms with Gasteiger partial charge < -0.3 is 5.11 Å². The summed E-state index contributed by atoms with van der Waals surface area (Å²) in [6.45, 7) is 7.23. The summed E-state index contributed by atoms with van der Waals surface area (Å²) in [5.74, 6) is 0.745. The molecule has 0 radical (unpaired) electrons. The molecule has 0 spiro atoms. The van der Waals surface area contributed by atoms with Crippen LogP contribution in [0.2, 0.25) is 0 Å². The van der Waals surface area contributed by atoms with Crippen LogP contribution in [0.25, 0.3) is 0 Å². The van der Waals surface area contributed by atoms with Crippen molar-refractivity contribution in [3.05, 3.63) is 33.8 Å². The normalized spacial score (nSPS) is 18.0. The molecule has 1 fully saturated rings. The molecule has 1 N–H and O–H groups in total. The van der Waals surface area contributed by atoms with E-state index in [4.69, 9.17) is 0 Å². The molecule has 3 rings (SSSR count). The minimum atomic E-state index is -0.564. The van der Waals surface area contributed by atoms with Crippen molar-refractivity contribution in [2.45, 2.75) is 45.9 Å². The fraction of sp³-hybridized carbons (Fsp3) is 0.588. The van der Waals surface area contributed by atoms with E-state index in [2.05, 4.69) is 20.6 Å². The lowest BCUT2D eigenvalue weighted by molar-refractivity contribution is 0.102. The number of Topliss-reactive ketones (excluding diaryl/α,β-unsaturated/α-hetero) is 1. The van der Waals surface area contributed by atoms with Crippen LogP contribution in [0.3, 0.4) is 0 Å². The van der Waals surface area contributed by atoms with Gasteiger partial charge in [-0.3, -0.25) is 14.4 Å². The number of aromatic nitrogens is 3. The van der Waals surface area contributed by atoms with Gasteiger partial charge in [0.15, 0.2) is 5.78 Å². The van der Waals surface area contributed by atoms with Crippen LogP contribution in [0, 0.1) is 5.92 Å². The van der Waals surface area contributed by atoms with Gasteiger partial charge in [-0.25, -0.2) is 0 Å². The first-order valence-electron chi connectivity index (χ1n) is 8.40. The third kappa shape index (κ3) is 4.28. The zero-order chi connectivity index (χ0) is 17.1. The number of nitrogens with zero attached hydrogens (tertiary/aromatic N) is 4. The molecule has 0 aromatic carbocycles. The van der Waals surface area contributed by atoms with Crippen LogP contribution in [-0.2, 0) is 13.1 Å². The zero-order valence-electron chi connectivity index (χ0n) is 14.2. The third-order valence-corrected chi connectivity index (χ3v) is 5.62. The van der Waals surface area contributed by atoms with Crippen molar-refractivity contribution < 1.29 is 9.90 Å². The van der Waals surface area contributed by atoms with Crippen molar-refractivity contribution in [3.8, 4) is 0 Å². The maximum atomic E-state index is 11.4. The SMILES string of the molecule is CC(=O)c1cc(CN2CCC(Cn3cc([C@@H](C)O)nn3)CC2)cs1. The molecule has 1 saturated heterocycles. The number of thiophene rings is 1. The van der Waals surface area contributed by atoms with E-state index in [0.717, 1.165) is 43.9 Å². The second-order valence-corrected chi connectivity index (χ2v) is 7.55. The highest BCUT2D eigenvalue weighted by molar-refractivity contribution is 7.12. The minimum absolute atomic E-state index is 0.148. The van der Waals surface area contributed by atoms with Crippen molar-refractivity contribution in [3.63, 3.8) is 0 Å². The first-order chi connectivity index (χ1) is 11.5. The summed E-state index contributed by atoms with van der Waals surface area (Å²) in [6.07, 6.45) is 3.54. The van der Waals surface area contributed by atoms with Gasteiger partial charge in [-0.1, -0.05) is 5.21 Å². The number of likely N-dealkylation sites (tertiary alicyclic amines) is 1. The van der Waals surface area contributed by atoms with Crippen LogP contribution in [0.4, 0.5) is 0 Å². The fourth-order valence-corrected chi connectivity index (χ4v) is 3.89. The van der Waals surface area contributed by atoms with Gasteiger partial charge in [0.1, 0.15) is 5.69 Å². The van der Waals surface area contributed by atoms with E-state index >= 15 is 0 Å². The van der Waals surface area contributed by atoms with E-state index in [9.17, 15) is 9.90 Å². The molecular formula is C17H24N4O2S. The van der Waals surface area contributed by atoms with Gasteiger partial charge in [0.25, 0.3) is 0 Å². The first kappa shape index (κ1) is 17.3. The van der Waals surface area contributed by atoms with Crippen LogP contribution in [0.1, 0.15) is 53.7 Å². The van der Waals surface area contributed by atoms with Crippen LogP contribution < -0.4 is 0 Å². The molecule has 130 valence electrons. The molecule has 0 aliphatic carbocycles. The largest absolute Gasteiger partial charge is 0.387 e. The van der Waals surface area contributed by atoms with E-state index in [-0.39, 0.29) is 5.78 Å². The zero-order valence-corrected chi connectivity index (χ0v) is 15.0. The fourth-order valence-electron chi connectivity index (χ4n) is 3.09. The Morgan fingerprint density at radius 1 is 1.46 bits per heavy atom. The van der Waals surface area contributed by atoms with E-state index < -0.39 is 6.10 Å². The quantitative estimate of drug-likeness (QED) is 0.812. The Labute approximate surface area is 146 Å². The minimum Gasteiger partial charge on any atom is -0.387 e. The van der Waals surface area contributed by atoms with Gasteiger partial charge in [0.2, 0.25) is 0 Å². The predicted molar refractivity (Wildman–Crippen MR) is 93.0 cm³/mol. The number of carbonyl (C=O) groups is 1. The Balaban J connectivity index is 1.47. The molecule has 24 heavy (non-hydrogen) atoms. The van der Waals surface area contributed by atoms with E-state index in [1.165, 1.54) is 16.9 Å². The van der Waals surface area contributed by atoms with Crippen molar-refractivity contribution >= 4 is 17.1 Å². The lowest BCUT2D eigenvalue weighted by Crippen LogP contribution is -2.34. The molecule has 2 aromatic heterocycles. The van der Waals surface area contributed by atoms with Gasteiger partial charge in [0, 0.05) is 13.1 Å². The van der Waals surface area contributed by atoms with Gasteiger partial charge in [-0.2, -0.15) is 0 Å². The molecule has 2 aromatic rings. The number of ketones is 1. The smallest absolute Gasteiger partial charge is 0.169 e. The molecule has 3 heterocycles. The van der Waals surface area contributed by atoms with E-state index in [1.54, 1.807) is 13.8 Å². The Morgan fingerprint density at radius 2 is 2.21 bits per heavy atom. The highest BCUT2D eigenvalue weighted by atomic mass is 32.1. The summed E-state index contributed by atoms with van der Waals surface area (Å²) >= 11 is 1.54. The summed E-state index contributed by atoms with van der Waals surface area (Å²) in [6, 6.07) is 2.02. The maximum absolute atomic E-state index is 11.4. The van der Waals surface area contributed by atoms with E-state index in [1.807, 2.05) is 16.9 Å². The van der Waals surface area contributed by atoms with Crippen LogP contribution >= 0.6 is 11.3 Å².